The van der Waals surface area contributed by atoms with Crippen molar-refractivity contribution in [2.45, 2.75) is 23.5 Å². The molecular formula is C10H16N2OS2. The zero-order chi connectivity index (χ0) is 10.7. The first-order valence-electron chi connectivity index (χ1n) is 5.05. The largest absolute Gasteiger partial charge is 0.468 e. The Morgan fingerprint density at radius 3 is 2.93 bits per heavy atom. The molecule has 0 saturated carbocycles. The van der Waals surface area contributed by atoms with Crippen molar-refractivity contribution in [3.05, 3.63) is 24.2 Å². The summed E-state index contributed by atoms with van der Waals surface area (Å²) in [5.74, 6) is 8.99. The van der Waals surface area contributed by atoms with Crippen LogP contribution in [0.4, 0.5) is 0 Å². The van der Waals surface area contributed by atoms with Gasteiger partial charge in [0.2, 0.25) is 0 Å². The molecule has 0 spiro atoms. The Morgan fingerprint density at radius 1 is 1.53 bits per heavy atom. The third-order valence-corrected chi connectivity index (χ3v) is 5.79. The predicted octanol–water partition coefficient (Wildman–Crippen LogP) is 2.02. The predicted molar refractivity (Wildman–Crippen MR) is 66.9 cm³/mol. The SMILES string of the molecule is CC1SCCSC1C(NN)c1ccco1. The van der Waals surface area contributed by atoms with E-state index in [1.807, 2.05) is 35.7 Å². The first-order valence-corrected chi connectivity index (χ1v) is 7.15. The molecule has 3 atom stereocenters. The second kappa shape index (κ2) is 5.30. The summed E-state index contributed by atoms with van der Waals surface area (Å²) in [7, 11) is 0. The number of nitrogens with one attached hydrogen (secondary N) is 1. The van der Waals surface area contributed by atoms with Gasteiger partial charge in [-0.3, -0.25) is 5.84 Å². The van der Waals surface area contributed by atoms with Gasteiger partial charge in [-0.25, -0.2) is 5.43 Å². The summed E-state index contributed by atoms with van der Waals surface area (Å²) in [6.45, 7) is 2.26. The molecule has 0 amide bonds. The van der Waals surface area contributed by atoms with Crippen LogP contribution < -0.4 is 11.3 Å². The van der Waals surface area contributed by atoms with E-state index in [0.29, 0.717) is 10.5 Å². The lowest BCUT2D eigenvalue weighted by Gasteiger charge is -2.32. The molecule has 3 unspecified atom stereocenters. The number of hydrazine groups is 1. The van der Waals surface area contributed by atoms with Gasteiger partial charge >= 0.3 is 0 Å². The third kappa shape index (κ3) is 2.53. The van der Waals surface area contributed by atoms with Crippen molar-refractivity contribution >= 4 is 23.5 Å². The lowest BCUT2D eigenvalue weighted by Crippen LogP contribution is -2.40. The zero-order valence-electron chi connectivity index (χ0n) is 8.68. The minimum Gasteiger partial charge on any atom is -0.468 e. The molecule has 15 heavy (non-hydrogen) atoms. The maximum atomic E-state index is 5.62. The summed E-state index contributed by atoms with van der Waals surface area (Å²) in [4.78, 5) is 0. The van der Waals surface area contributed by atoms with E-state index in [1.54, 1.807) is 6.26 Å². The van der Waals surface area contributed by atoms with E-state index in [-0.39, 0.29) is 6.04 Å². The number of hydrogen-bond acceptors (Lipinski definition) is 5. The molecule has 1 aliphatic rings. The van der Waals surface area contributed by atoms with E-state index in [0.717, 1.165) is 5.76 Å². The molecule has 2 rings (SSSR count). The molecule has 3 N–H and O–H groups in total. The summed E-state index contributed by atoms with van der Waals surface area (Å²) in [6, 6.07) is 4.01. The summed E-state index contributed by atoms with van der Waals surface area (Å²) in [6.07, 6.45) is 1.70. The van der Waals surface area contributed by atoms with E-state index in [9.17, 15) is 0 Å². The number of thioether (sulfide) groups is 2. The molecule has 5 heteroatoms. The zero-order valence-corrected chi connectivity index (χ0v) is 10.3. The van der Waals surface area contributed by atoms with Crippen molar-refractivity contribution in [3.63, 3.8) is 0 Å². The van der Waals surface area contributed by atoms with E-state index in [4.69, 9.17) is 10.3 Å². The second-order valence-corrected chi connectivity index (χ2v) is 6.34. The summed E-state index contributed by atoms with van der Waals surface area (Å²) >= 11 is 3.99. The van der Waals surface area contributed by atoms with E-state index < -0.39 is 0 Å². The Labute approximate surface area is 98.5 Å². The first kappa shape index (κ1) is 11.4. The molecule has 0 aromatic carbocycles. The van der Waals surface area contributed by atoms with Crippen LogP contribution in [0, 0.1) is 0 Å². The average Bonchev–Trinajstić information content (AvgIpc) is 2.75. The quantitative estimate of drug-likeness (QED) is 0.629. The number of rotatable bonds is 3. The summed E-state index contributed by atoms with van der Waals surface area (Å²) < 4.78 is 5.42. The minimum atomic E-state index is 0.118. The Bertz CT molecular complexity index is 292. The van der Waals surface area contributed by atoms with Gasteiger partial charge in [-0.2, -0.15) is 23.5 Å². The van der Waals surface area contributed by atoms with Gasteiger partial charge in [0.25, 0.3) is 0 Å². The van der Waals surface area contributed by atoms with Crippen molar-refractivity contribution in [1.29, 1.82) is 0 Å². The first-order chi connectivity index (χ1) is 7.33. The van der Waals surface area contributed by atoms with Gasteiger partial charge in [0.05, 0.1) is 12.3 Å². The Kier molecular flexibility index (Phi) is 4.02. The molecule has 3 nitrogen and oxygen atoms in total. The molecule has 1 aromatic heterocycles. The summed E-state index contributed by atoms with van der Waals surface area (Å²) in [5, 5.41) is 1.09. The van der Waals surface area contributed by atoms with Crippen molar-refractivity contribution in [2.75, 3.05) is 11.5 Å². The van der Waals surface area contributed by atoms with Crippen LogP contribution >= 0.6 is 23.5 Å². The second-order valence-electron chi connectivity index (χ2n) is 3.57. The van der Waals surface area contributed by atoms with Crippen LogP contribution in [-0.2, 0) is 0 Å². The monoisotopic (exact) mass is 244 g/mol. The van der Waals surface area contributed by atoms with Gasteiger partial charge in [-0.05, 0) is 12.1 Å². The van der Waals surface area contributed by atoms with Gasteiger partial charge in [-0.15, -0.1) is 0 Å². The topological polar surface area (TPSA) is 51.2 Å². The molecule has 1 saturated heterocycles. The van der Waals surface area contributed by atoms with Crippen LogP contribution in [0.25, 0.3) is 0 Å². The summed E-state index contributed by atoms with van der Waals surface area (Å²) in [5.41, 5.74) is 2.88. The van der Waals surface area contributed by atoms with Crippen LogP contribution in [-0.4, -0.2) is 22.0 Å². The molecule has 0 radical (unpaired) electrons. The van der Waals surface area contributed by atoms with Crippen LogP contribution in [0.15, 0.2) is 22.8 Å². The van der Waals surface area contributed by atoms with Gasteiger partial charge in [0, 0.05) is 22.0 Å². The third-order valence-electron chi connectivity index (χ3n) is 2.59. The lowest BCUT2D eigenvalue weighted by atomic mass is 10.1. The van der Waals surface area contributed by atoms with Crippen molar-refractivity contribution in [2.24, 2.45) is 5.84 Å². The molecule has 2 heterocycles. The van der Waals surface area contributed by atoms with Gasteiger partial charge < -0.3 is 4.42 Å². The average molecular weight is 244 g/mol. The van der Waals surface area contributed by atoms with Crippen molar-refractivity contribution in [1.82, 2.24) is 5.43 Å². The van der Waals surface area contributed by atoms with Crippen LogP contribution in [0.5, 0.6) is 0 Å². The van der Waals surface area contributed by atoms with E-state index in [2.05, 4.69) is 12.3 Å². The van der Waals surface area contributed by atoms with E-state index in [1.165, 1.54) is 11.5 Å². The highest BCUT2D eigenvalue weighted by atomic mass is 32.2. The Balaban J connectivity index is 2.11. The van der Waals surface area contributed by atoms with Crippen LogP contribution in [0.2, 0.25) is 0 Å². The van der Waals surface area contributed by atoms with E-state index >= 15 is 0 Å². The fourth-order valence-electron chi connectivity index (χ4n) is 1.82. The highest BCUT2D eigenvalue weighted by Gasteiger charge is 2.32. The molecule has 1 fully saturated rings. The van der Waals surface area contributed by atoms with Crippen LogP contribution in [0.3, 0.4) is 0 Å². The molecule has 0 aliphatic carbocycles. The molecular weight excluding hydrogens is 228 g/mol. The fourth-order valence-corrected chi connectivity index (χ4v) is 4.73. The molecule has 1 aromatic rings. The number of furan rings is 1. The molecule has 0 bridgehead atoms. The minimum absolute atomic E-state index is 0.118. The Morgan fingerprint density at radius 2 is 2.33 bits per heavy atom. The highest BCUT2D eigenvalue weighted by molar-refractivity contribution is 8.07. The maximum absolute atomic E-state index is 5.62. The normalized spacial score (nSPS) is 28.9. The number of nitrogens with two attached hydrogens (primary N) is 1. The highest BCUT2D eigenvalue weighted by Crippen LogP contribution is 2.38. The van der Waals surface area contributed by atoms with Crippen LogP contribution in [0.1, 0.15) is 18.7 Å². The van der Waals surface area contributed by atoms with Crippen molar-refractivity contribution < 1.29 is 4.42 Å². The number of hydrogen-bond donors (Lipinski definition) is 2. The molecule has 84 valence electrons. The van der Waals surface area contributed by atoms with Gasteiger partial charge in [0.15, 0.2) is 0 Å². The maximum Gasteiger partial charge on any atom is 0.123 e. The fraction of sp³-hybridized carbons (Fsp3) is 0.600. The Hall–Kier alpha value is -0.100. The van der Waals surface area contributed by atoms with Gasteiger partial charge in [-0.1, -0.05) is 6.92 Å². The lowest BCUT2D eigenvalue weighted by molar-refractivity contribution is 0.407. The van der Waals surface area contributed by atoms with Crippen molar-refractivity contribution in [3.8, 4) is 0 Å². The standard InChI is InChI=1S/C10H16N2OS2/c1-7-10(15-6-5-14-7)9(12-11)8-3-2-4-13-8/h2-4,7,9-10,12H,5-6,11H2,1H3. The smallest absolute Gasteiger partial charge is 0.123 e. The van der Waals surface area contributed by atoms with Gasteiger partial charge in [0.1, 0.15) is 5.76 Å². The molecule has 1 aliphatic heterocycles.